The molecule has 3 heteroatoms. The minimum absolute atomic E-state index is 0.271. The smallest absolute Gasteiger partial charge is 0.166 e. The zero-order chi connectivity index (χ0) is 16.6. The first-order valence-electron chi connectivity index (χ1n) is 8.75. The Bertz CT molecular complexity index is 710. The van der Waals surface area contributed by atoms with Gasteiger partial charge in [-0.25, -0.2) is 4.68 Å². The van der Waals surface area contributed by atoms with Crippen LogP contribution in [-0.2, 0) is 12.8 Å². The number of Topliss-reactive ketones (excluding diaryl/α,β-unsaturated/α-hetero) is 1. The molecule has 0 saturated heterocycles. The van der Waals surface area contributed by atoms with Gasteiger partial charge in [-0.15, -0.1) is 0 Å². The summed E-state index contributed by atoms with van der Waals surface area (Å²) >= 11 is 0. The Kier molecular flexibility index (Phi) is 4.38. The highest BCUT2D eigenvalue weighted by Crippen LogP contribution is 2.30. The summed E-state index contributed by atoms with van der Waals surface area (Å²) in [5, 5.41) is 4.81. The normalized spacial score (nSPS) is 17.6. The average molecular weight is 310 g/mol. The number of ketones is 1. The third-order valence-corrected chi connectivity index (χ3v) is 4.70. The SMILES string of the molecule is CCCc1nn(-c2ccc(C(C)C)cc2)c2c1C(=O)CC(C)C2. The van der Waals surface area contributed by atoms with Crippen molar-refractivity contribution in [3.63, 3.8) is 0 Å². The molecule has 0 spiro atoms. The topological polar surface area (TPSA) is 34.9 Å². The van der Waals surface area contributed by atoms with Crippen LogP contribution in [0.2, 0.25) is 0 Å². The number of carbonyl (C=O) groups excluding carboxylic acids is 1. The van der Waals surface area contributed by atoms with Crippen LogP contribution in [-0.4, -0.2) is 15.6 Å². The van der Waals surface area contributed by atoms with Crippen molar-refractivity contribution in [2.45, 2.75) is 59.3 Å². The Morgan fingerprint density at radius 1 is 1.22 bits per heavy atom. The monoisotopic (exact) mass is 310 g/mol. The Labute approximate surface area is 138 Å². The van der Waals surface area contributed by atoms with Gasteiger partial charge in [-0.1, -0.05) is 46.2 Å². The van der Waals surface area contributed by atoms with Crippen molar-refractivity contribution in [1.29, 1.82) is 0 Å². The summed E-state index contributed by atoms with van der Waals surface area (Å²) in [4.78, 5) is 12.5. The van der Waals surface area contributed by atoms with Crippen molar-refractivity contribution in [1.82, 2.24) is 9.78 Å². The highest BCUT2D eigenvalue weighted by Gasteiger charge is 2.30. The van der Waals surface area contributed by atoms with E-state index < -0.39 is 0 Å². The van der Waals surface area contributed by atoms with E-state index in [1.807, 2.05) is 4.68 Å². The lowest BCUT2D eigenvalue weighted by atomic mass is 9.86. The lowest BCUT2D eigenvalue weighted by Gasteiger charge is -2.19. The number of hydrogen-bond acceptors (Lipinski definition) is 2. The predicted octanol–water partition coefficient (Wildman–Crippen LogP) is 4.71. The van der Waals surface area contributed by atoms with Gasteiger partial charge in [0.2, 0.25) is 0 Å². The predicted molar refractivity (Wildman–Crippen MR) is 93.5 cm³/mol. The lowest BCUT2D eigenvalue weighted by Crippen LogP contribution is -2.20. The van der Waals surface area contributed by atoms with E-state index in [2.05, 4.69) is 52.0 Å². The minimum Gasteiger partial charge on any atom is -0.294 e. The van der Waals surface area contributed by atoms with Crippen molar-refractivity contribution in [3.8, 4) is 5.69 Å². The lowest BCUT2D eigenvalue weighted by molar-refractivity contribution is 0.0952. The fourth-order valence-electron chi connectivity index (χ4n) is 3.46. The summed E-state index contributed by atoms with van der Waals surface area (Å²) < 4.78 is 2.01. The molecule has 1 aromatic heterocycles. The van der Waals surface area contributed by atoms with E-state index in [0.717, 1.165) is 41.9 Å². The van der Waals surface area contributed by atoms with Crippen molar-refractivity contribution < 1.29 is 4.79 Å². The molecule has 3 rings (SSSR count). The van der Waals surface area contributed by atoms with Crippen molar-refractivity contribution in [2.75, 3.05) is 0 Å². The van der Waals surface area contributed by atoms with Gasteiger partial charge in [-0.3, -0.25) is 4.79 Å². The van der Waals surface area contributed by atoms with Gasteiger partial charge in [0.05, 0.1) is 22.6 Å². The minimum atomic E-state index is 0.271. The first-order chi connectivity index (χ1) is 11.0. The van der Waals surface area contributed by atoms with E-state index in [0.29, 0.717) is 18.3 Å². The Balaban J connectivity index is 2.08. The van der Waals surface area contributed by atoms with Gasteiger partial charge in [0, 0.05) is 6.42 Å². The third kappa shape index (κ3) is 2.97. The Morgan fingerprint density at radius 3 is 2.52 bits per heavy atom. The summed E-state index contributed by atoms with van der Waals surface area (Å²) in [5.74, 6) is 1.19. The van der Waals surface area contributed by atoms with Crippen LogP contribution in [0.3, 0.4) is 0 Å². The van der Waals surface area contributed by atoms with Gasteiger partial charge in [0.15, 0.2) is 5.78 Å². The van der Waals surface area contributed by atoms with Gasteiger partial charge in [0.25, 0.3) is 0 Å². The number of aryl methyl sites for hydroxylation is 1. The number of rotatable bonds is 4. The quantitative estimate of drug-likeness (QED) is 0.819. The molecule has 0 radical (unpaired) electrons. The molecule has 0 saturated carbocycles. The maximum absolute atomic E-state index is 12.5. The van der Waals surface area contributed by atoms with Crippen LogP contribution >= 0.6 is 0 Å². The van der Waals surface area contributed by atoms with Gasteiger partial charge >= 0.3 is 0 Å². The third-order valence-electron chi connectivity index (χ3n) is 4.70. The molecular weight excluding hydrogens is 284 g/mol. The van der Waals surface area contributed by atoms with Gasteiger partial charge in [-0.2, -0.15) is 5.10 Å². The molecule has 122 valence electrons. The van der Waals surface area contributed by atoms with Crippen LogP contribution < -0.4 is 0 Å². The first-order valence-corrected chi connectivity index (χ1v) is 8.75. The molecule has 0 fully saturated rings. The molecule has 1 heterocycles. The fourth-order valence-corrected chi connectivity index (χ4v) is 3.46. The second kappa shape index (κ2) is 6.31. The molecule has 0 N–H and O–H groups in total. The number of benzene rings is 1. The van der Waals surface area contributed by atoms with Gasteiger partial charge < -0.3 is 0 Å². The maximum Gasteiger partial charge on any atom is 0.166 e. The first kappa shape index (κ1) is 16.0. The van der Waals surface area contributed by atoms with Crippen LogP contribution in [0.4, 0.5) is 0 Å². The number of fused-ring (bicyclic) bond motifs is 1. The van der Waals surface area contributed by atoms with Crippen LogP contribution in [0.15, 0.2) is 24.3 Å². The molecule has 1 aromatic carbocycles. The summed E-state index contributed by atoms with van der Waals surface area (Å²) in [6.45, 7) is 8.69. The molecule has 1 aliphatic carbocycles. The molecule has 1 unspecified atom stereocenters. The van der Waals surface area contributed by atoms with Crippen molar-refractivity contribution in [2.24, 2.45) is 5.92 Å². The zero-order valence-corrected chi connectivity index (χ0v) is 14.6. The van der Waals surface area contributed by atoms with Gasteiger partial charge in [-0.05, 0) is 42.4 Å². The van der Waals surface area contributed by atoms with E-state index >= 15 is 0 Å². The van der Waals surface area contributed by atoms with E-state index in [1.54, 1.807) is 0 Å². The Morgan fingerprint density at radius 2 is 1.91 bits per heavy atom. The summed E-state index contributed by atoms with van der Waals surface area (Å²) in [6, 6.07) is 8.59. The second-order valence-corrected chi connectivity index (χ2v) is 7.11. The largest absolute Gasteiger partial charge is 0.294 e. The molecule has 3 nitrogen and oxygen atoms in total. The van der Waals surface area contributed by atoms with Crippen LogP contribution in [0.25, 0.3) is 5.69 Å². The maximum atomic E-state index is 12.5. The number of aromatic nitrogens is 2. The van der Waals surface area contributed by atoms with Crippen LogP contribution in [0, 0.1) is 5.92 Å². The van der Waals surface area contributed by atoms with Crippen molar-refractivity contribution >= 4 is 5.78 Å². The van der Waals surface area contributed by atoms with Crippen molar-refractivity contribution in [3.05, 3.63) is 46.8 Å². The van der Waals surface area contributed by atoms with E-state index in [-0.39, 0.29) is 5.78 Å². The standard InChI is InChI=1S/C20H26N2O/c1-5-6-17-20-18(11-14(4)12-19(20)23)22(21-17)16-9-7-15(8-10-16)13(2)3/h7-10,13-14H,5-6,11-12H2,1-4H3. The molecule has 2 aromatic rings. The number of carbonyl (C=O) groups is 1. The fraction of sp³-hybridized carbons (Fsp3) is 0.500. The van der Waals surface area contributed by atoms with E-state index in [9.17, 15) is 4.79 Å². The zero-order valence-electron chi connectivity index (χ0n) is 14.6. The Hall–Kier alpha value is -1.90. The highest BCUT2D eigenvalue weighted by atomic mass is 16.1. The molecule has 1 aliphatic rings. The van der Waals surface area contributed by atoms with Crippen LogP contribution in [0.1, 0.15) is 73.8 Å². The summed E-state index contributed by atoms with van der Waals surface area (Å²) in [7, 11) is 0. The average Bonchev–Trinajstić information content (AvgIpc) is 2.86. The van der Waals surface area contributed by atoms with Crippen LogP contribution in [0.5, 0.6) is 0 Å². The molecule has 1 atom stereocenters. The second-order valence-electron chi connectivity index (χ2n) is 7.11. The summed E-state index contributed by atoms with van der Waals surface area (Å²) in [5.41, 5.74) is 5.38. The highest BCUT2D eigenvalue weighted by molar-refractivity contribution is 5.99. The molecule has 0 bridgehead atoms. The summed E-state index contributed by atoms with van der Waals surface area (Å²) in [6.07, 6.45) is 3.48. The number of hydrogen-bond donors (Lipinski definition) is 0. The molecule has 0 amide bonds. The molecule has 0 aliphatic heterocycles. The van der Waals surface area contributed by atoms with Gasteiger partial charge in [0.1, 0.15) is 0 Å². The molecular formula is C20H26N2O. The van der Waals surface area contributed by atoms with E-state index in [1.165, 1.54) is 5.56 Å². The molecule has 23 heavy (non-hydrogen) atoms. The number of nitrogens with zero attached hydrogens (tertiary/aromatic N) is 2. The van der Waals surface area contributed by atoms with E-state index in [4.69, 9.17) is 5.10 Å².